The monoisotopic (exact) mass is 259 g/mol. The van der Waals surface area contributed by atoms with Gasteiger partial charge in [-0.15, -0.1) is 0 Å². The van der Waals surface area contributed by atoms with Crippen molar-refractivity contribution in [1.29, 1.82) is 0 Å². The fourth-order valence-electron chi connectivity index (χ4n) is 2.75. The maximum atomic E-state index is 5.48. The number of nitrogens with zero attached hydrogens (tertiary/aromatic N) is 3. The Morgan fingerprint density at radius 2 is 2.00 bits per heavy atom. The number of imidazole rings is 1. The summed E-state index contributed by atoms with van der Waals surface area (Å²) in [6, 6.07) is 4.46. The maximum absolute atomic E-state index is 5.48. The minimum absolute atomic E-state index is 0.0268. The van der Waals surface area contributed by atoms with Crippen LogP contribution in [0.2, 0.25) is 0 Å². The van der Waals surface area contributed by atoms with E-state index >= 15 is 0 Å². The summed E-state index contributed by atoms with van der Waals surface area (Å²) >= 11 is 0. The summed E-state index contributed by atoms with van der Waals surface area (Å²) in [4.78, 5) is 9.37. The summed E-state index contributed by atoms with van der Waals surface area (Å²) in [7, 11) is 0. The molecule has 1 fully saturated rings. The highest BCUT2D eigenvalue weighted by Gasteiger charge is 2.28. The molecule has 19 heavy (non-hydrogen) atoms. The second-order valence-electron chi connectivity index (χ2n) is 6.25. The summed E-state index contributed by atoms with van der Waals surface area (Å²) < 4.78 is 7.83. The number of fused-ring (bicyclic) bond motifs is 1. The van der Waals surface area contributed by atoms with Crippen molar-refractivity contribution in [2.24, 2.45) is 0 Å². The molecule has 0 bridgehead atoms. The fourth-order valence-corrected chi connectivity index (χ4v) is 2.75. The first kappa shape index (κ1) is 12.6. The average molecular weight is 259 g/mol. The maximum Gasteiger partial charge on any atom is 0.160 e. The Morgan fingerprint density at radius 3 is 2.68 bits per heavy atom. The number of ether oxygens (including phenoxy) is 1. The average Bonchev–Trinajstić information content (AvgIpc) is 2.79. The zero-order valence-electron chi connectivity index (χ0n) is 11.9. The van der Waals surface area contributed by atoms with Crippen molar-refractivity contribution < 1.29 is 4.74 Å². The molecule has 1 saturated heterocycles. The number of hydrogen-bond donors (Lipinski definition) is 0. The first-order valence-corrected chi connectivity index (χ1v) is 6.98. The van der Waals surface area contributed by atoms with Crippen molar-refractivity contribution in [2.45, 2.75) is 45.1 Å². The molecule has 2 aromatic rings. The lowest BCUT2D eigenvalue weighted by atomic mass is 9.94. The Hall–Kier alpha value is -1.42. The molecule has 0 N–H and O–H groups in total. The lowest BCUT2D eigenvalue weighted by molar-refractivity contribution is 0.0690. The van der Waals surface area contributed by atoms with Gasteiger partial charge in [0.05, 0.1) is 0 Å². The molecule has 0 aromatic carbocycles. The Morgan fingerprint density at radius 1 is 1.26 bits per heavy atom. The summed E-state index contributed by atoms with van der Waals surface area (Å²) in [6.07, 6.45) is 3.95. The first-order valence-electron chi connectivity index (χ1n) is 6.98. The zero-order valence-corrected chi connectivity index (χ0v) is 11.9. The van der Waals surface area contributed by atoms with Crippen molar-refractivity contribution >= 4 is 11.2 Å². The molecule has 0 radical (unpaired) electrons. The van der Waals surface area contributed by atoms with Crippen LogP contribution in [0, 0.1) is 0 Å². The number of rotatable bonds is 1. The van der Waals surface area contributed by atoms with Crippen molar-refractivity contribution in [3.63, 3.8) is 0 Å². The number of hydrogen-bond acceptors (Lipinski definition) is 3. The standard InChI is InChI=1S/C15H21N3O/c1-15(2,3)14-17-12-5-4-8-16-13(12)18(14)11-6-9-19-10-7-11/h4-5,8,11H,6-7,9-10H2,1-3H3. The van der Waals surface area contributed by atoms with Gasteiger partial charge in [0.15, 0.2) is 5.65 Å². The van der Waals surface area contributed by atoms with Gasteiger partial charge in [-0.1, -0.05) is 20.8 Å². The molecule has 0 atom stereocenters. The minimum Gasteiger partial charge on any atom is -0.381 e. The van der Waals surface area contributed by atoms with Crippen LogP contribution in [0.1, 0.15) is 45.5 Å². The van der Waals surface area contributed by atoms with Crippen LogP contribution in [0.15, 0.2) is 18.3 Å². The van der Waals surface area contributed by atoms with Gasteiger partial charge in [0, 0.05) is 30.9 Å². The predicted octanol–water partition coefficient (Wildman–Crippen LogP) is 3.08. The molecule has 102 valence electrons. The molecule has 4 nitrogen and oxygen atoms in total. The van der Waals surface area contributed by atoms with Gasteiger partial charge in [0.25, 0.3) is 0 Å². The van der Waals surface area contributed by atoms with Crippen molar-refractivity contribution in [2.75, 3.05) is 13.2 Å². The van der Waals surface area contributed by atoms with Gasteiger partial charge in [0.1, 0.15) is 11.3 Å². The molecule has 0 aliphatic carbocycles. The van der Waals surface area contributed by atoms with Gasteiger partial charge in [-0.05, 0) is 25.0 Å². The fraction of sp³-hybridized carbons (Fsp3) is 0.600. The Balaban J connectivity index is 2.18. The van der Waals surface area contributed by atoms with Gasteiger partial charge in [-0.2, -0.15) is 0 Å². The van der Waals surface area contributed by atoms with E-state index in [0.29, 0.717) is 6.04 Å². The zero-order chi connectivity index (χ0) is 13.5. The van der Waals surface area contributed by atoms with Crippen molar-refractivity contribution in [1.82, 2.24) is 14.5 Å². The van der Waals surface area contributed by atoms with Crippen LogP contribution in [0.3, 0.4) is 0 Å². The smallest absolute Gasteiger partial charge is 0.160 e. The van der Waals surface area contributed by atoms with Crippen LogP contribution >= 0.6 is 0 Å². The lowest BCUT2D eigenvalue weighted by Gasteiger charge is -2.28. The van der Waals surface area contributed by atoms with Gasteiger partial charge in [0.2, 0.25) is 0 Å². The molecular weight excluding hydrogens is 238 g/mol. The number of pyridine rings is 1. The molecule has 3 heterocycles. The molecule has 4 heteroatoms. The van der Waals surface area contributed by atoms with Gasteiger partial charge >= 0.3 is 0 Å². The van der Waals surface area contributed by atoms with E-state index in [0.717, 1.165) is 43.0 Å². The highest BCUT2D eigenvalue weighted by atomic mass is 16.5. The topological polar surface area (TPSA) is 39.9 Å². The van der Waals surface area contributed by atoms with Crippen LogP contribution in [-0.2, 0) is 10.2 Å². The van der Waals surface area contributed by atoms with Gasteiger partial charge in [-0.25, -0.2) is 9.97 Å². The van der Waals surface area contributed by atoms with Crippen molar-refractivity contribution in [3.8, 4) is 0 Å². The van der Waals surface area contributed by atoms with E-state index in [2.05, 4.69) is 30.3 Å². The molecule has 1 aliphatic heterocycles. The summed E-state index contributed by atoms with van der Waals surface area (Å²) in [5.74, 6) is 1.13. The predicted molar refractivity (Wildman–Crippen MR) is 75.3 cm³/mol. The minimum atomic E-state index is 0.0268. The van der Waals surface area contributed by atoms with E-state index < -0.39 is 0 Å². The highest BCUT2D eigenvalue weighted by molar-refractivity contribution is 5.71. The lowest BCUT2D eigenvalue weighted by Crippen LogP contribution is -2.26. The van der Waals surface area contributed by atoms with E-state index in [-0.39, 0.29) is 5.41 Å². The summed E-state index contributed by atoms with van der Waals surface area (Å²) in [5.41, 5.74) is 2.04. The molecule has 1 aliphatic rings. The SMILES string of the molecule is CC(C)(C)c1nc2cccnc2n1C1CCOCC1. The Bertz CT molecular complexity index is 577. The number of aromatic nitrogens is 3. The van der Waals surface area contributed by atoms with E-state index in [4.69, 9.17) is 9.72 Å². The van der Waals surface area contributed by atoms with Gasteiger partial charge in [-0.3, -0.25) is 0 Å². The van der Waals surface area contributed by atoms with Crippen LogP contribution in [-0.4, -0.2) is 27.7 Å². The molecule has 0 saturated carbocycles. The molecule has 0 amide bonds. The van der Waals surface area contributed by atoms with E-state index in [1.807, 2.05) is 18.3 Å². The first-order chi connectivity index (χ1) is 9.07. The Labute approximate surface area is 113 Å². The molecule has 0 spiro atoms. The highest BCUT2D eigenvalue weighted by Crippen LogP contribution is 2.32. The second-order valence-corrected chi connectivity index (χ2v) is 6.25. The Kier molecular flexibility index (Phi) is 3.05. The van der Waals surface area contributed by atoms with Crippen LogP contribution in [0.5, 0.6) is 0 Å². The van der Waals surface area contributed by atoms with Crippen LogP contribution < -0.4 is 0 Å². The third-order valence-electron chi connectivity index (χ3n) is 3.68. The normalized spacial score (nSPS) is 18.1. The molecule has 3 rings (SSSR count). The molecular formula is C15H21N3O. The van der Waals surface area contributed by atoms with Gasteiger partial charge < -0.3 is 9.30 Å². The molecule has 0 unspecified atom stereocenters. The third-order valence-corrected chi connectivity index (χ3v) is 3.68. The van der Waals surface area contributed by atoms with Crippen molar-refractivity contribution in [3.05, 3.63) is 24.2 Å². The van der Waals surface area contributed by atoms with E-state index in [1.54, 1.807) is 0 Å². The van der Waals surface area contributed by atoms with E-state index in [9.17, 15) is 0 Å². The van der Waals surface area contributed by atoms with Crippen LogP contribution in [0.25, 0.3) is 11.2 Å². The van der Waals surface area contributed by atoms with Crippen LogP contribution in [0.4, 0.5) is 0 Å². The van der Waals surface area contributed by atoms with E-state index in [1.165, 1.54) is 0 Å². The summed E-state index contributed by atoms with van der Waals surface area (Å²) in [5, 5.41) is 0. The molecule has 2 aromatic heterocycles. The third kappa shape index (κ3) is 2.25. The quantitative estimate of drug-likeness (QED) is 0.790. The summed E-state index contributed by atoms with van der Waals surface area (Å²) in [6.45, 7) is 8.31. The largest absolute Gasteiger partial charge is 0.381 e. The second kappa shape index (κ2) is 4.60.